The molecular formula is C25H30N2O5. The van der Waals surface area contributed by atoms with Crippen LogP contribution in [0.25, 0.3) is 0 Å². The van der Waals surface area contributed by atoms with Crippen LogP contribution in [0.5, 0.6) is 0 Å². The molecule has 1 aliphatic rings. The van der Waals surface area contributed by atoms with Crippen molar-refractivity contribution >= 4 is 18.0 Å². The van der Waals surface area contributed by atoms with Gasteiger partial charge in [-0.3, -0.25) is 14.6 Å². The maximum Gasteiger partial charge on any atom is 0.416 e. The van der Waals surface area contributed by atoms with E-state index in [1.165, 1.54) is 0 Å². The summed E-state index contributed by atoms with van der Waals surface area (Å²) in [7, 11) is 0. The predicted octanol–water partition coefficient (Wildman–Crippen LogP) is 3.87. The predicted molar refractivity (Wildman–Crippen MR) is 119 cm³/mol. The Hall–Kier alpha value is -3.22. The first-order chi connectivity index (χ1) is 15.1. The van der Waals surface area contributed by atoms with Gasteiger partial charge in [-0.05, 0) is 51.8 Å². The number of aromatic nitrogens is 1. The zero-order chi connectivity index (χ0) is 23.3. The smallest absolute Gasteiger partial charge is 0.416 e. The van der Waals surface area contributed by atoms with Crippen molar-refractivity contribution in [3.05, 3.63) is 65.5 Å². The molecule has 170 valence electrons. The summed E-state index contributed by atoms with van der Waals surface area (Å²) in [5.41, 5.74) is 1.82. The first-order valence-corrected chi connectivity index (χ1v) is 10.8. The Kier molecular flexibility index (Phi) is 7.28. The van der Waals surface area contributed by atoms with Crippen molar-refractivity contribution in [1.82, 2.24) is 9.88 Å². The minimum atomic E-state index is -0.789. The Morgan fingerprint density at radius 3 is 2.53 bits per heavy atom. The number of hydrogen-bond donors (Lipinski definition) is 0. The third-order valence-corrected chi connectivity index (χ3v) is 5.10. The lowest BCUT2D eigenvalue weighted by Gasteiger charge is -2.26. The lowest BCUT2D eigenvalue weighted by atomic mass is 9.95. The van der Waals surface area contributed by atoms with E-state index < -0.39 is 35.5 Å². The van der Waals surface area contributed by atoms with E-state index in [0.29, 0.717) is 12.1 Å². The minimum absolute atomic E-state index is 0.126. The number of benzene rings is 1. The van der Waals surface area contributed by atoms with Crippen LogP contribution in [0.15, 0.2) is 48.5 Å². The summed E-state index contributed by atoms with van der Waals surface area (Å²) >= 11 is 0. The number of nitrogens with zero attached hydrogens (tertiary/aromatic N) is 2. The summed E-state index contributed by atoms with van der Waals surface area (Å²) < 4.78 is 10.7. The molecule has 0 radical (unpaired) electrons. The number of imide groups is 1. The van der Waals surface area contributed by atoms with Gasteiger partial charge in [0.05, 0.1) is 18.4 Å². The molecule has 2 atom stereocenters. The van der Waals surface area contributed by atoms with Crippen molar-refractivity contribution in [2.45, 2.75) is 58.6 Å². The molecule has 2 heterocycles. The lowest BCUT2D eigenvalue weighted by molar-refractivity contribution is -0.158. The molecule has 0 saturated carbocycles. The van der Waals surface area contributed by atoms with Crippen LogP contribution in [0.1, 0.15) is 44.1 Å². The first-order valence-electron chi connectivity index (χ1n) is 10.8. The van der Waals surface area contributed by atoms with Gasteiger partial charge in [0.15, 0.2) is 0 Å². The van der Waals surface area contributed by atoms with Crippen LogP contribution in [-0.4, -0.2) is 46.1 Å². The Labute approximate surface area is 188 Å². The summed E-state index contributed by atoms with van der Waals surface area (Å²) in [5.74, 6) is -1.72. The SMILES string of the molecule is Cc1cccc(CC(CC(=O)OC(C)(C)C)C(=O)N2C(=O)OC[C@H]2Cc2ccccc2)n1. The number of amides is 2. The molecule has 3 rings (SSSR count). The van der Waals surface area contributed by atoms with E-state index in [0.717, 1.165) is 16.2 Å². The molecule has 1 fully saturated rings. The standard InChI is InChI=1S/C25H30N2O5/c1-17-9-8-12-20(26-17)14-19(15-22(28)32-25(2,3)4)23(29)27-21(16-31-24(27)30)13-18-10-6-5-7-11-18/h5-12,19,21H,13-16H2,1-4H3/t19?,21-/m1/s1. The molecule has 1 aromatic heterocycles. The van der Waals surface area contributed by atoms with Crippen LogP contribution >= 0.6 is 0 Å². The van der Waals surface area contributed by atoms with Gasteiger partial charge < -0.3 is 9.47 Å². The van der Waals surface area contributed by atoms with Crippen LogP contribution in [-0.2, 0) is 31.9 Å². The van der Waals surface area contributed by atoms with Gasteiger partial charge in [0, 0.05) is 17.8 Å². The molecule has 2 amide bonds. The zero-order valence-corrected chi connectivity index (χ0v) is 19.0. The van der Waals surface area contributed by atoms with E-state index in [9.17, 15) is 14.4 Å². The number of aryl methyl sites for hydroxylation is 1. The van der Waals surface area contributed by atoms with Gasteiger partial charge in [0.1, 0.15) is 12.2 Å². The van der Waals surface area contributed by atoms with E-state index in [-0.39, 0.29) is 19.4 Å². The normalized spacial score (nSPS) is 17.1. The van der Waals surface area contributed by atoms with Crippen LogP contribution in [0.4, 0.5) is 4.79 Å². The van der Waals surface area contributed by atoms with Gasteiger partial charge in [-0.2, -0.15) is 0 Å². The summed E-state index contributed by atoms with van der Waals surface area (Å²) in [6.07, 6.45) is -0.114. The Balaban J connectivity index is 1.83. The van der Waals surface area contributed by atoms with Gasteiger partial charge in [0.2, 0.25) is 5.91 Å². The highest BCUT2D eigenvalue weighted by Gasteiger charge is 2.41. The van der Waals surface area contributed by atoms with Crippen LogP contribution < -0.4 is 0 Å². The molecule has 32 heavy (non-hydrogen) atoms. The van der Waals surface area contributed by atoms with Gasteiger partial charge in [-0.15, -0.1) is 0 Å². The monoisotopic (exact) mass is 438 g/mol. The average Bonchev–Trinajstić information content (AvgIpc) is 3.06. The van der Waals surface area contributed by atoms with Crippen molar-refractivity contribution in [3.8, 4) is 0 Å². The van der Waals surface area contributed by atoms with Crippen molar-refractivity contribution in [3.63, 3.8) is 0 Å². The van der Waals surface area contributed by atoms with Crippen LogP contribution in [0, 0.1) is 12.8 Å². The number of carbonyl (C=O) groups is 3. The third-order valence-electron chi connectivity index (χ3n) is 5.10. The number of rotatable bonds is 7. The van der Waals surface area contributed by atoms with E-state index in [2.05, 4.69) is 4.98 Å². The number of pyridine rings is 1. The second-order valence-corrected chi connectivity index (χ2v) is 9.09. The molecular weight excluding hydrogens is 408 g/mol. The van der Waals surface area contributed by atoms with Gasteiger partial charge in [-0.1, -0.05) is 36.4 Å². The third kappa shape index (κ3) is 6.39. The molecule has 0 spiro atoms. The maximum atomic E-state index is 13.5. The van der Waals surface area contributed by atoms with E-state index in [1.54, 1.807) is 20.8 Å². The average molecular weight is 439 g/mol. The molecule has 0 N–H and O–H groups in total. The number of carbonyl (C=O) groups excluding carboxylic acids is 3. The van der Waals surface area contributed by atoms with Gasteiger partial charge >= 0.3 is 12.1 Å². The molecule has 2 aromatic rings. The Morgan fingerprint density at radius 1 is 1.16 bits per heavy atom. The van der Waals surface area contributed by atoms with Crippen molar-refractivity contribution < 1.29 is 23.9 Å². The maximum absolute atomic E-state index is 13.5. The van der Waals surface area contributed by atoms with Gasteiger partial charge in [-0.25, -0.2) is 9.69 Å². The summed E-state index contributed by atoms with van der Waals surface area (Å²) in [6, 6.07) is 14.7. The lowest BCUT2D eigenvalue weighted by Crippen LogP contribution is -2.45. The topological polar surface area (TPSA) is 85.8 Å². The summed E-state index contributed by atoms with van der Waals surface area (Å²) in [5, 5.41) is 0. The fourth-order valence-electron chi connectivity index (χ4n) is 3.76. The van der Waals surface area contributed by atoms with E-state index >= 15 is 0 Å². The molecule has 1 saturated heterocycles. The minimum Gasteiger partial charge on any atom is -0.460 e. The summed E-state index contributed by atoms with van der Waals surface area (Å²) in [6.45, 7) is 7.32. The molecule has 7 heteroatoms. The number of cyclic esters (lactones) is 1. The molecule has 1 aromatic carbocycles. The molecule has 0 aliphatic carbocycles. The highest BCUT2D eigenvalue weighted by Crippen LogP contribution is 2.24. The van der Waals surface area contributed by atoms with E-state index in [1.807, 2.05) is 55.5 Å². The number of hydrogen-bond acceptors (Lipinski definition) is 6. The summed E-state index contributed by atoms with van der Waals surface area (Å²) in [4.78, 5) is 44.2. The highest BCUT2D eigenvalue weighted by molar-refractivity contribution is 5.96. The number of ether oxygens (including phenoxy) is 2. The molecule has 1 aliphatic heterocycles. The largest absolute Gasteiger partial charge is 0.460 e. The van der Waals surface area contributed by atoms with Crippen LogP contribution in [0.2, 0.25) is 0 Å². The van der Waals surface area contributed by atoms with Crippen molar-refractivity contribution in [1.29, 1.82) is 0 Å². The molecule has 0 bridgehead atoms. The number of esters is 1. The first kappa shape index (κ1) is 23.4. The van der Waals surface area contributed by atoms with Crippen molar-refractivity contribution in [2.24, 2.45) is 5.92 Å². The van der Waals surface area contributed by atoms with Crippen molar-refractivity contribution in [2.75, 3.05) is 6.61 Å². The zero-order valence-electron chi connectivity index (χ0n) is 19.0. The quantitative estimate of drug-likeness (QED) is 0.610. The second kappa shape index (κ2) is 9.94. The molecule has 1 unspecified atom stereocenters. The molecule has 7 nitrogen and oxygen atoms in total. The second-order valence-electron chi connectivity index (χ2n) is 9.09. The fourth-order valence-corrected chi connectivity index (χ4v) is 3.76. The van der Waals surface area contributed by atoms with Gasteiger partial charge in [0.25, 0.3) is 0 Å². The Morgan fingerprint density at radius 2 is 1.88 bits per heavy atom. The highest BCUT2D eigenvalue weighted by atomic mass is 16.6. The van der Waals surface area contributed by atoms with E-state index in [4.69, 9.17) is 9.47 Å². The fraction of sp³-hybridized carbons (Fsp3) is 0.440. The Bertz CT molecular complexity index is 968. The van der Waals surface area contributed by atoms with Crippen LogP contribution in [0.3, 0.4) is 0 Å².